The first-order valence-corrected chi connectivity index (χ1v) is 11.5. The van der Waals surface area contributed by atoms with E-state index in [2.05, 4.69) is 20.8 Å². The fraction of sp³-hybridized carbons (Fsp3) is 1.00. The molecule has 0 aromatic heterocycles. The van der Waals surface area contributed by atoms with Crippen LogP contribution in [0.25, 0.3) is 0 Å². The van der Waals surface area contributed by atoms with E-state index in [9.17, 15) is 0 Å². The molecule has 0 amide bonds. The van der Waals surface area contributed by atoms with Gasteiger partial charge in [-0.2, -0.15) is 0 Å². The first-order valence-electron chi connectivity index (χ1n) is 6.07. The van der Waals surface area contributed by atoms with Crippen LogP contribution in [0.15, 0.2) is 0 Å². The molecule has 0 N–H and O–H groups in total. The van der Waals surface area contributed by atoms with Crippen molar-refractivity contribution in [2.45, 2.75) is 72.4 Å². The van der Waals surface area contributed by atoms with Crippen LogP contribution >= 0.6 is 34.0 Å². The second-order valence-corrected chi connectivity index (χ2v) is 11.6. The van der Waals surface area contributed by atoms with E-state index in [4.69, 9.17) is 0 Å². The monoisotopic (exact) mass is 452 g/mol. The van der Waals surface area contributed by atoms with Crippen LogP contribution in [-0.4, -0.2) is 20.2 Å². The van der Waals surface area contributed by atoms with E-state index in [1.165, 1.54) is 38.5 Å². The van der Waals surface area contributed by atoms with Crippen LogP contribution in [0.4, 0.5) is 0 Å². The zero-order chi connectivity index (χ0) is 9.94. The fourth-order valence-electron chi connectivity index (χ4n) is 1.48. The minimum absolute atomic E-state index is 0. The van der Waals surface area contributed by atoms with E-state index < -0.39 is 20.2 Å². The van der Waals surface area contributed by atoms with Crippen molar-refractivity contribution in [1.29, 1.82) is 0 Å². The van der Waals surface area contributed by atoms with Gasteiger partial charge in [0.2, 0.25) is 0 Å². The van der Waals surface area contributed by atoms with Crippen molar-refractivity contribution in [2.75, 3.05) is 0 Å². The summed E-state index contributed by atoms with van der Waals surface area (Å²) in [6, 6.07) is 0. The summed E-state index contributed by atoms with van der Waals surface area (Å²) < 4.78 is 5.00. The molecule has 0 heterocycles. The molecule has 0 bridgehead atoms. The summed E-state index contributed by atoms with van der Waals surface area (Å²) in [6.45, 7) is 6.99. The first kappa shape index (κ1) is 22.0. The van der Waals surface area contributed by atoms with E-state index >= 15 is 0 Å². The van der Waals surface area contributed by atoms with E-state index in [0.717, 1.165) is 0 Å². The zero-order valence-electron chi connectivity index (χ0n) is 10.6. The van der Waals surface area contributed by atoms with Gasteiger partial charge in [0, 0.05) is 0 Å². The van der Waals surface area contributed by atoms with E-state index in [0.29, 0.717) is 0 Å². The Bertz CT molecular complexity index is 80.6. The number of unbranched alkanes of at least 4 members (excludes halogenated alkanes) is 3. The summed E-state index contributed by atoms with van der Waals surface area (Å²) in [7, 11) is 0. The van der Waals surface area contributed by atoms with Crippen LogP contribution in [-0.2, 0) is 0 Å². The minimum atomic E-state index is -0.712. The average Bonchev–Trinajstić information content (AvgIpc) is 2.17. The molecule has 0 aromatic rings. The van der Waals surface area contributed by atoms with Gasteiger partial charge in [-0.05, 0) is 0 Å². The average molecular weight is 455 g/mol. The molecule has 0 aliphatic carbocycles. The zero-order valence-corrected chi connectivity index (χ0v) is 16.6. The number of hydrogen-bond acceptors (Lipinski definition) is 0. The quantitative estimate of drug-likeness (QED) is 0.373. The van der Waals surface area contributed by atoms with Crippen molar-refractivity contribution in [3.63, 3.8) is 0 Å². The van der Waals surface area contributed by atoms with Gasteiger partial charge < -0.3 is 0 Å². The topological polar surface area (TPSA) is 0 Å². The molecule has 0 aromatic carbocycles. The van der Waals surface area contributed by atoms with Crippen molar-refractivity contribution in [3.8, 4) is 0 Å². The van der Waals surface area contributed by atoms with Gasteiger partial charge in [-0.1, -0.05) is 0 Å². The maximum atomic E-state index is 2.33. The Kier molecular flexibility index (Phi) is 26.6. The van der Waals surface area contributed by atoms with Gasteiger partial charge in [0.1, 0.15) is 0 Å². The maximum absolute atomic E-state index is 2.33. The summed E-state index contributed by atoms with van der Waals surface area (Å²) >= 11 is -0.712. The molecule has 15 heavy (non-hydrogen) atoms. The summed E-state index contributed by atoms with van der Waals surface area (Å²) in [4.78, 5) is 0. The molecule has 0 nitrogen and oxygen atoms in total. The van der Waals surface area contributed by atoms with Crippen molar-refractivity contribution in [3.05, 3.63) is 0 Å². The van der Waals surface area contributed by atoms with Crippen LogP contribution in [0.5, 0.6) is 0 Å². The van der Waals surface area contributed by atoms with Crippen LogP contribution in [0.1, 0.15) is 59.3 Å². The molecule has 0 unspecified atom stereocenters. The van der Waals surface area contributed by atoms with Gasteiger partial charge >= 0.3 is 92.6 Å². The van der Waals surface area contributed by atoms with Crippen LogP contribution in [0, 0.1) is 0 Å². The SMILES string of the molecule is Br.Br.CCC[CH2][Sb]([CH2]CCC)[CH2]CCC. The van der Waals surface area contributed by atoms with Crippen molar-refractivity contribution >= 4 is 54.2 Å². The molecule has 0 aliphatic rings. The Morgan fingerprint density at radius 2 is 0.867 bits per heavy atom. The third kappa shape index (κ3) is 15.8. The Balaban J connectivity index is -0.000000720. The van der Waals surface area contributed by atoms with Gasteiger partial charge in [0.25, 0.3) is 0 Å². The van der Waals surface area contributed by atoms with E-state index in [1.54, 1.807) is 13.1 Å². The predicted molar refractivity (Wildman–Crippen MR) is 85.5 cm³/mol. The Morgan fingerprint density at radius 3 is 1.07 bits per heavy atom. The molecule has 0 saturated heterocycles. The van der Waals surface area contributed by atoms with Crippen molar-refractivity contribution < 1.29 is 0 Å². The van der Waals surface area contributed by atoms with E-state index in [1.807, 2.05) is 0 Å². The van der Waals surface area contributed by atoms with Gasteiger partial charge in [-0.25, -0.2) is 0 Å². The third-order valence-electron chi connectivity index (χ3n) is 2.48. The molecule has 96 valence electrons. The molecule has 0 aliphatic heterocycles. The second kappa shape index (κ2) is 18.2. The molecular formula is C12H29Br2Sb. The molecule has 3 heteroatoms. The van der Waals surface area contributed by atoms with Crippen molar-refractivity contribution in [1.82, 2.24) is 0 Å². The summed E-state index contributed by atoms with van der Waals surface area (Å²) in [5.41, 5.74) is 0. The summed E-state index contributed by atoms with van der Waals surface area (Å²) in [6.07, 6.45) is 8.82. The molecule has 0 fully saturated rings. The van der Waals surface area contributed by atoms with Crippen molar-refractivity contribution in [2.24, 2.45) is 0 Å². The van der Waals surface area contributed by atoms with Crippen LogP contribution in [0.2, 0.25) is 13.1 Å². The molecule has 0 rings (SSSR count). The summed E-state index contributed by atoms with van der Waals surface area (Å²) in [5.74, 6) is 0. The second-order valence-electron chi connectivity index (χ2n) is 3.90. The molecule has 0 spiro atoms. The number of rotatable bonds is 9. The molecule has 0 saturated carbocycles. The van der Waals surface area contributed by atoms with Gasteiger partial charge in [0.15, 0.2) is 0 Å². The van der Waals surface area contributed by atoms with Gasteiger partial charge in [-0.15, -0.1) is 34.0 Å². The molecule has 0 radical (unpaired) electrons. The Hall–Kier alpha value is 1.78. The fourth-order valence-corrected chi connectivity index (χ4v) is 9.93. The van der Waals surface area contributed by atoms with Gasteiger partial charge in [0.05, 0.1) is 0 Å². The van der Waals surface area contributed by atoms with E-state index in [-0.39, 0.29) is 34.0 Å². The van der Waals surface area contributed by atoms with Crippen LogP contribution < -0.4 is 0 Å². The van der Waals surface area contributed by atoms with Crippen LogP contribution in [0.3, 0.4) is 0 Å². The molecular weight excluding hydrogens is 426 g/mol. The standard InChI is InChI=1S/3C4H9.2BrH.Sb/c3*1-3-4-2;;;/h3*1,3-4H2,2H3;2*1H;. The first-order chi connectivity index (χ1) is 6.35. The Morgan fingerprint density at radius 1 is 0.600 bits per heavy atom. The Labute approximate surface area is 125 Å². The normalized spacial score (nSPS) is 9.60. The number of halogens is 2. The third-order valence-corrected chi connectivity index (χ3v) is 10.6. The summed E-state index contributed by atoms with van der Waals surface area (Å²) in [5, 5.41) is 0. The predicted octanol–water partition coefficient (Wildman–Crippen LogP) is 6.04. The van der Waals surface area contributed by atoms with Gasteiger partial charge in [-0.3, -0.25) is 0 Å². The molecule has 0 atom stereocenters. The number of hydrogen-bond donors (Lipinski definition) is 0.